The number of methoxy groups -OCH3 is 4. The molecule has 2 heterocycles. The van der Waals surface area contributed by atoms with E-state index in [1.807, 2.05) is 0 Å². The molecule has 0 amide bonds. The van der Waals surface area contributed by atoms with E-state index in [0.717, 1.165) is 28.4 Å². The van der Waals surface area contributed by atoms with Crippen molar-refractivity contribution in [2.24, 2.45) is 0 Å². The molecule has 29 heavy (non-hydrogen) atoms. The molecule has 10 heteroatoms. The monoisotopic (exact) mass is 406 g/mol. The molecule has 1 aromatic heterocycles. The van der Waals surface area contributed by atoms with Crippen LogP contribution in [0.5, 0.6) is 0 Å². The molecule has 0 unspecified atom stereocenters. The number of carbonyl (C=O) groups excluding carboxylic acids is 4. The number of rotatable bonds is 5. The molecule has 0 saturated heterocycles. The van der Waals surface area contributed by atoms with Crippen molar-refractivity contribution in [1.29, 1.82) is 0 Å². The number of hydrogen-bond donors (Lipinski definition) is 0. The van der Waals surface area contributed by atoms with Gasteiger partial charge in [0.15, 0.2) is 6.04 Å². The lowest BCUT2D eigenvalue weighted by Crippen LogP contribution is -2.30. The van der Waals surface area contributed by atoms with Crippen molar-refractivity contribution in [1.82, 2.24) is 9.47 Å². The van der Waals surface area contributed by atoms with Crippen molar-refractivity contribution >= 4 is 29.6 Å². The third kappa shape index (κ3) is 3.60. The fourth-order valence-electron chi connectivity index (χ4n) is 3.21. The lowest BCUT2D eigenvalue weighted by atomic mass is 9.93. The van der Waals surface area contributed by atoms with Crippen LogP contribution in [0.1, 0.15) is 11.7 Å². The van der Waals surface area contributed by atoms with Gasteiger partial charge >= 0.3 is 23.9 Å². The second-order valence-corrected chi connectivity index (χ2v) is 6.11. The Bertz CT molecular complexity index is 922. The molecule has 0 N–H and O–H groups in total. The van der Waals surface area contributed by atoms with Gasteiger partial charge in [0.2, 0.25) is 0 Å². The largest absolute Gasteiger partial charge is 0.467 e. The lowest BCUT2D eigenvalue weighted by molar-refractivity contribution is -0.147. The minimum Gasteiger partial charge on any atom is -0.467 e. The molecule has 0 spiro atoms. The summed E-state index contributed by atoms with van der Waals surface area (Å²) in [4.78, 5) is 52.6. The van der Waals surface area contributed by atoms with E-state index in [4.69, 9.17) is 18.9 Å². The number of fused-ring (bicyclic) bond motifs is 1. The highest BCUT2D eigenvalue weighted by atomic mass is 16.5. The summed E-state index contributed by atoms with van der Waals surface area (Å²) in [5.74, 6) is -3.74. The van der Waals surface area contributed by atoms with Crippen LogP contribution >= 0.6 is 0 Å². The molecule has 0 aromatic carbocycles. The maximum absolute atomic E-state index is 12.8. The predicted molar refractivity (Wildman–Crippen MR) is 99.2 cm³/mol. The van der Waals surface area contributed by atoms with Crippen LogP contribution in [0.3, 0.4) is 0 Å². The Balaban J connectivity index is 3.15. The zero-order chi connectivity index (χ0) is 21.9. The zero-order valence-electron chi connectivity index (χ0n) is 17.0. The Kier molecular flexibility index (Phi) is 6.47. The molecule has 0 bridgehead atoms. The first-order chi connectivity index (χ1) is 13.7. The van der Waals surface area contributed by atoms with Gasteiger partial charge in [0.1, 0.15) is 5.57 Å². The van der Waals surface area contributed by atoms with E-state index in [1.54, 1.807) is 31.1 Å². The number of hydrogen-bond acceptors (Lipinski definition) is 9. The highest BCUT2D eigenvalue weighted by Gasteiger charge is 2.44. The van der Waals surface area contributed by atoms with Crippen LogP contribution in [-0.4, -0.2) is 75.9 Å². The smallest absolute Gasteiger partial charge is 0.340 e. The van der Waals surface area contributed by atoms with Crippen molar-refractivity contribution in [2.45, 2.75) is 6.04 Å². The van der Waals surface area contributed by atoms with Gasteiger partial charge in [0.25, 0.3) is 0 Å². The fourth-order valence-corrected chi connectivity index (χ4v) is 3.21. The summed E-state index contributed by atoms with van der Waals surface area (Å²) < 4.78 is 20.8. The van der Waals surface area contributed by atoms with Crippen LogP contribution in [0.2, 0.25) is 0 Å². The number of esters is 4. The van der Waals surface area contributed by atoms with E-state index >= 15 is 0 Å². The Labute approximate surface area is 167 Å². The molecule has 0 fully saturated rings. The van der Waals surface area contributed by atoms with Crippen LogP contribution in [0.4, 0.5) is 0 Å². The molecule has 2 rings (SSSR count). The topological polar surface area (TPSA) is 113 Å². The Morgan fingerprint density at radius 2 is 1.41 bits per heavy atom. The lowest BCUT2D eigenvalue weighted by Gasteiger charge is -2.22. The quantitative estimate of drug-likeness (QED) is 0.503. The van der Waals surface area contributed by atoms with Gasteiger partial charge in [-0.25, -0.2) is 19.2 Å². The molecule has 1 atom stereocenters. The van der Waals surface area contributed by atoms with Gasteiger partial charge in [-0.1, -0.05) is 0 Å². The molecule has 0 aliphatic carbocycles. The SMILES string of the molecule is COC(=O)C1=C(C(=O)OC)[C@@H](C(=O)OC)n2cccc2C(N(C)C)=C1C(=O)OC. The maximum Gasteiger partial charge on any atom is 0.340 e. The van der Waals surface area contributed by atoms with Crippen molar-refractivity contribution in [3.05, 3.63) is 40.7 Å². The van der Waals surface area contributed by atoms with Crippen LogP contribution in [-0.2, 0) is 38.1 Å². The van der Waals surface area contributed by atoms with Crippen LogP contribution in [0.15, 0.2) is 35.0 Å². The molecule has 1 aliphatic heterocycles. The first-order valence-corrected chi connectivity index (χ1v) is 8.41. The van der Waals surface area contributed by atoms with Gasteiger partial charge < -0.3 is 28.4 Å². The number of aromatic nitrogens is 1. The van der Waals surface area contributed by atoms with Crippen molar-refractivity contribution in [2.75, 3.05) is 42.5 Å². The summed E-state index contributed by atoms with van der Waals surface area (Å²) in [6.07, 6.45) is 1.53. The Morgan fingerprint density at radius 3 is 1.90 bits per heavy atom. The number of carbonyl (C=O) groups is 4. The first kappa shape index (κ1) is 21.7. The van der Waals surface area contributed by atoms with Gasteiger partial charge in [0.05, 0.1) is 51.0 Å². The van der Waals surface area contributed by atoms with E-state index in [-0.39, 0.29) is 11.3 Å². The summed E-state index contributed by atoms with van der Waals surface area (Å²) in [5.41, 5.74) is -0.452. The molecular formula is C19H22N2O8. The standard InChI is InChI=1S/C19H22N2O8/c1-20(2)14-10-8-7-9-21(10)15(19(25)29-6)13(18(24)28-5)11(16(22)26-3)12(14)17(23)27-4/h7-9,15H,1-6H3/t15-/m0/s1. The normalized spacial score (nSPS) is 15.9. The van der Waals surface area contributed by atoms with Gasteiger partial charge in [-0.2, -0.15) is 0 Å². The maximum atomic E-state index is 12.8. The van der Waals surface area contributed by atoms with Crippen molar-refractivity contribution < 1.29 is 38.1 Å². The van der Waals surface area contributed by atoms with Gasteiger partial charge in [-0.3, -0.25) is 0 Å². The van der Waals surface area contributed by atoms with Crippen LogP contribution in [0.25, 0.3) is 5.70 Å². The highest BCUT2D eigenvalue weighted by Crippen LogP contribution is 2.39. The van der Waals surface area contributed by atoms with E-state index in [9.17, 15) is 19.2 Å². The molecule has 0 saturated carbocycles. The van der Waals surface area contributed by atoms with Crippen LogP contribution in [0, 0.1) is 0 Å². The summed E-state index contributed by atoms with van der Waals surface area (Å²) >= 11 is 0. The molecule has 0 radical (unpaired) electrons. The number of nitrogens with zero attached hydrogens (tertiary/aromatic N) is 2. The summed E-state index contributed by atoms with van der Waals surface area (Å²) in [6.45, 7) is 0. The summed E-state index contributed by atoms with van der Waals surface area (Å²) in [6, 6.07) is 1.86. The van der Waals surface area contributed by atoms with Crippen LogP contribution < -0.4 is 0 Å². The van der Waals surface area contributed by atoms with Gasteiger partial charge in [-0.05, 0) is 12.1 Å². The van der Waals surface area contributed by atoms with Crippen molar-refractivity contribution in [3.8, 4) is 0 Å². The third-order valence-electron chi connectivity index (χ3n) is 4.39. The molecule has 156 valence electrons. The highest BCUT2D eigenvalue weighted by molar-refractivity contribution is 6.17. The molecular weight excluding hydrogens is 384 g/mol. The van der Waals surface area contributed by atoms with Gasteiger partial charge in [0, 0.05) is 20.3 Å². The predicted octanol–water partition coefficient (Wildman–Crippen LogP) is 0.304. The Morgan fingerprint density at radius 1 is 0.862 bits per heavy atom. The number of ether oxygens (including phenoxy) is 4. The second kappa shape index (κ2) is 8.63. The minimum absolute atomic E-state index is 0.240. The first-order valence-electron chi connectivity index (χ1n) is 8.41. The fraction of sp³-hybridized carbons (Fsp3) is 0.368. The van der Waals surface area contributed by atoms with E-state index in [0.29, 0.717) is 5.69 Å². The minimum atomic E-state index is -1.40. The average Bonchev–Trinajstić information content (AvgIpc) is 3.13. The van der Waals surface area contributed by atoms with Gasteiger partial charge in [-0.15, -0.1) is 0 Å². The zero-order valence-corrected chi connectivity index (χ0v) is 17.0. The average molecular weight is 406 g/mol. The molecule has 10 nitrogen and oxygen atoms in total. The second-order valence-electron chi connectivity index (χ2n) is 6.11. The molecule has 1 aliphatic rings. The van der Waals surface area contributed by atoms with Crippen molar-refractivity contribution in [3.63, 3.8) is 0 Å². The summed E-state index contributed by atoms with van der Waals surface area (Å²) in [5, 5.41) is 0. The third-order valence-corrected chi connectivity index (χ3v) is 4.39. The van der Waals surface area contributed by atoms with E-state index in [1.165, 1.54) is 10.8 Å². The van der Waals surface area contributed by atoms with E-state index in [2.05, 4.69) is 0 Å². The van der Waals surface area contributed by atoms with E-state index < -0.39 is 41.1 Å². The summed E-state index contributed by atoms with van der Waals surface area (Å²) in [7, 11) is 7.74. The molecule has 1 aromatic rings. The Hall–Kier alpha value is -3.56.